The molecule has 0 unspecified atom stereocenters. The van der Waals surface area contributed by atoms with E-state index in [0.717, 1.165) is 5.56 Å². The van der Waals surface area contributed by atoms with Crippen LogP contribution in [0.5, 0.6) is 5.75 Å². The van der Waals surface area contributed by atoms with Crippen molar-refractivity contribution in [3.05, 3.63) is 62.6 Å². The molecule has 0 heterocycles. The van der Waals surface area contributed by atoms with Crippen LogP contribution in [0.15, 0.2) is 36.4 Å². The Balaban J connectivity index is 2.24. The fraction of sp³-hybridized carbons (Fsp3) is 0.0714. The minimum absolute atomic E-state index is 0.0890. The summed E-state index contributed by atoms with van der Waals surface area (Å²) in [5.74, 6) is 0.342. The molecule has 0 bridgehead atoms. The van der Waals surface area contributed by atoms with E-state index in [1.807, 2.05) is 6.07 Å². The Labute approximate surface area is 131 Å². The number of halogens is 3. The molecule has 0 saturated heterocycles. The van der Waals surface area contributed by atoms with Crippen molar-refractivity contribution in [3.8, 4) is 5.75 Å². The van der Waals surface area contributed by atoms with Gasteiger partial charge in [0.15, 0.2) is 0 Å². The highest BCUT2D eigenvalue weighted by Gasteiger charge is 2.10. The molecule has 2 aromatic rings. The van der Waals surface area contributed by atoms with Gasteiger partial charge in [-0.3, -0.25) is 5.41 Å². The Morgan fingerprint density at radius 3 is 2.60 bits per heavy atom. The fourth-order valence-electron chi connectivity index (χ4n) is 1.65. The quantitative estimate of drug-likeness (QED) is 0.640. The zero-order chi connectivity index (χ0) is 14.7. The van der Waals surface area contributed by atoms with Gasteiger partial charge in [0, 0.05) is 10.6 Å². The first-order valence-electron chi connectivity index (χ1n) is 5.68. The average Bonchev–Trinajstić information content (AvgIpc) is 2.40. The van der Waals surface area contributed by atoms with E-state index in [2.05, 4.69) is 0 Å². The summed E-state index contributed by atoms with van der Waals surface area (Å²) in [6.07, 6.45) is 0. The van der Waals surface area contributed by atoms with E-state index in [9.17, 15) is 0 Å². The van der Waals surface area contributed by atoms with Crippen molar-refractivity contribution in [2.75, 3.05) is 0 Å². The maximum Gasteiger partial charge on any atom is 0.132 e. The van der Waals surface area contributed by atoms with Crippen LogP contribution in [-0.4, -0.2) is 5.84 Å². The SMILES string of the molecule is N=C(N)c1ccc(Cl)cc1OCc1cccc(Cl)c1Cl. The molecule has 0 spiro atoms. The van der Waals surface area contributed by atoms with Crippen molar-refractivity contribution in [2.45, 2.75) is 6.61 Å². The van der Waals surface area contributed by atoms with Crippen molar-refractivity contribution in [1.29, 1.82) is 5.41 Å². The average molecular weight is 330 g/mol. The molecule has 104 valence electrons. The van der Waals surface area contributed by atoms with E-state index in [0.29, 0.717) is 26.4 Å². The number of ether oxygens (including phenoxy) is 1. The van der Waals surface area contributed by atoms with Crippen LogP contribution in [-0.2, 0) is 6.61 Å². The van der Waals surface area contributed by atoms with Crippen LogP contribution in [0.2, 0.25) is 15.1 Å². The van der Waals surface area contributed by atoms with E-state index in [1.54, 1.807) is 30.3 Å². The predicted molar refractivity (Wildman–Crippen MR) is 83.3 cm³/mol. The van der Waals surface area contributed by atoms with Gasteiger partial charge in [-0.1, -0.05) is 46.9 Å². The Morgan fingerprint density at radius 2 is 1.90 bits per heavy atom. The number of hydrogen-bond acceptors (Lipinski definition) is 2. The molecule has 6 heteroatoms. The maximum atomic E-state index is 7.51. The number of nitrogen functional groups attached to an aromatic ring is 1. The van der Waals surface area contributed by atoms with Crippen LogP contribution in [0, 0.1) is 5.41 Å². The summed E-state index contributed by atoms with van der Waals surface area (Å²) in [5.41, 5.74) is 6.72. The third-order valence-corrected chi connectivity index (χ3v) is 3.74. The molecule has 20 heavy (non-hydrogen) atoms. The monoisotopic (exact) mass is 328 g/mol. The van der Waals surface area contributed by atoms with Gasteiger partial charge in [-0.05, 0) is 24.3 Å². The molecule has 0 saturated carbocycles. The van der Waals surface area contributed by atoms with Gasteiger partial charge in [0.25, 0.3) is 0 Å². The molecule has 0 aliphatic rings. The first kappa shape index (κ1) is 15.0. The largest absolute Gasteiger partial charge is 0.488 e. The molecule has 0 radical (unpaired) electrons. The minimum atomic E-state index is -0.0890. The molecular weight excluding hydrogens is 319 g/mol. The van der Waals surface area contributed by atoms with Crippen molar-refractivity contribution >= 4 is 40.6 Å². The molecule has 0 amide bonds. The first-order chi connectivity index (χ1) is 9.49. The van der Waals surface area contributed by atoms with E-state index >= 15 is 0 Å². The van der Waals surface area contributed by atoms with Crippen molar-refractivity contribution in [3.63, 3.8) is 0 Å². The van der Waals surface area contributed by atoms with Gasteiger partial charge in [-0.2, -0.15) is 0 Å². The van der Waals surface area contributed by atoms with Crippen LogP contribution < -0.4 is 10.5 Å². The molecule has 0 aromatic heterocycles. The maximum absolute atomic E-state index is 7.51. The van der Waals surface area contributed by atoms with E-state index < -0.39 is 0 Å². The summed E-state index contributed by atoms with van der Waals surface area (Å²) >= 11 is 17.9. The van der Waals surface area contributed by atoms with Gasteiger partial charge in [0.2, 0.25) is 0 Å². The highest BCUT2D eigenvalue weighted by molar-refractivity contribution is 6.42. The van der Waals surface area contributed by atoms with Gasteiger partial charge in [-0.15, -0.1) is 0 Å². The number of hydrogen-bond donors (Lipinski definition) is 2. The summed E-state index contributed by atoms with van der Waals surface area (Å²) in [6.45, 7) is 0.208. The lowest BCUT2D eigenvalue weighted by atomic mass is 10.2. The van der Waals surface area contributed by atoms with Gasteiger partial charge < -0.3 is 10.5 Å². The molecule has 2 aromatic carbocycles. The highest BCUT2D eigenvalue weighted by atomic mass is 35.5. The Morgan fingerprint density at radius 1 is 1.15 bits per heavy atom. The zero-order valence-corrected chi connectivity index (χ0v) is 12.6. The molecular formula is C14H11Cl3N2O. The molecule has 0 aliphatic carbocycles. The molecule has 3 N–H and O–H groups in total. The van der Waals surface area contributed by atoms with Crippen molar-refractivity contribution in [2.24, 2.45) is 5.73 Å². The number of nitrogens with one attached hydrogen (secondary N) is 1. The predicted octanol–water partition coefficient (Wildman–Crippen LogP) is 4.51. The van der Waals surface area contributed by atoms with Gasteiger partial charge >= 0.3 is 0 Å². The van der Waals surface area contributed by atoms with Gasteiger partial charge in [0.1, 0.15) is 18.2 Å². The third-order valence-electron chi connectivity index (χ3n) is 2.65. The van der Waals surface area contributed by atoms with Crippen LogP contribution >= 0.6 is 34.8 Å². The smallest absolute Gasteiger partial charge is 0.132 e. The Bertz CT molecular complexity index is 659. The molecule has 3 nitrogen and oxygen atoms in total. The van der Waals surface area contributed by atoms with Crippen LogP contribution in [0.25, 0.3) is 0 Å². The minimum Gasteiger partial charge on any atom is -0.488 e. The Kier molecular flexibility index (Phi) is 4.76. The van der Waals surface area contributed by atoms with E-state index in [-0.39, 0.29) is 12.4 Å². The Hall–Kier alpha value is -1.42. The third kappa shape index (κ3) is 3.37. The number of amidine groups is 1. The van der Waals surface area contributed by atoms with Gasteiger partial charge in [0.05, 0.1) is 15.6 Å². The summed E-state index contributed by atoms with van der Waals surface area (Å²) in [6, 6.07) is 10.2. The lowest BCUT2D eigenvalue weighted by Crippen LogP contribution is -2.13. The lowest BCUT2D eigenvalue weighted by Gasteiger charge is -2.12. The lowest BCUT2D eigenvalue weighted by molar-refractivity contribution is 0.305. The normalized spacial score (nSPS) is 10.3. The molecule has 2 rings (SSSR count). The van der Waals surface area contributed by atoms with E-state index in [1.165, 1.54) is 0 Å². The standard InChI is InChI=1S/C14H11Cl3N2O/c15-9-4-5-10(14(18)19)12(6-9)20-7-8-2-1-3-11(16)13(8)17/h1-6H,7H2,(H3,18,19). The summed E-state index contributed by atoms with van der Waals surface area (Å²) in [5, 5.41) is 8.92. The fourth-order valence-corrected chi connectivity index (χ4v) is 2.19. The van der Waals surface area contributed by atoms with Crippen molar-refractivity contribution < 1.29 is 4.74 Å². The first-order valence-corrected chi connectivity index (χ1v) is 6.82. The van der Waals surface area contributed by atoms with Crippen LogP contribution in [0.3, 0.4) is 0 Å². The molecule has 0 fully saturated rings. The molecule has 0 atom stereocenters. The second kappa shape index (κ2) is 6.35. The molecule has 0 aliphatic heterocycles. The summed E-state index contributed by atoms with van der Waals surface area (Å²) in [7, 11) is 0. The van der Waals surface area contributed by atoms with Crippen molar-refractivity contribution in [1.82, 2.24) is 0 Å². The number of rotatable bonds is 4. The zero-order valence-electron chi connectivity index (χ0n) is 10.3. The highest BCUT2D eigenvalue weighted by Crippen LogP contribution is 2.28. The van der Waals surface area contributed by atoms with Gasteiger partial charge in [-0.25, -0.2) is 0 Å². The number of nitrogens with two attached hydrogens (primary N) is 1. The summed E-state index contributed by atoms with van der Waals surface area (Å²) in [4.78, 5) is 0. The van der Waals surface area contributed by atoms with Crippen LogP contribution in [0.4, 0.5) is 0 Å². The van der Waals surface area contributed by atoms with E-state index in [4.69, 9.17) is 50.7 Å². The van der Waals surface area contributed by atoms with Crippen LogP contribution in [0.1, 0.15) is 11.1 Å². The number of benzene rings is 2. The second-order valence-corrected chi connectivity index (χ2v) is 5.28. The second-order valence-electron chi connectivity index (χ2n) is 4.06. The topological polar surface area (TPSA) is 59.1 Å². The summed E-state index contributed by atoms with van der Waals surface area (Å²) < 4.78 is 5.65.